The van der Waals surface area contributed by atoms with Crippen molar-refractivity contribution in [1.29, 1.82) is 0 Å². The third-order valence-electron chi connectivity index (χ3n) is 15.5. The van der Waals surface area contributed by atoms with Crippen LogP contribution in [0.4, 0.5) is 0 Å². The monoisotopic (exact) mass is 1010 g/mol. The minimum absolute atomic E-state index is 1.19. The Morgan fingerprint density at radius 3 is 0.923 bits per heavy atom. The zero-order valence-electron chi connectivity index (χ0n) is 43.2. The molecule has 14 aromatic rings. The average Bonchev–Trinajstić information content (AvgIpc) is 4.16. The molecular formula is C77H52S. The van der Waals surface area contributed by atoms with E-state index in [1.807, 2.05) is 11.3 Å². The van der Waals surface area contributed by atoms with Crippen LogP contribution in [-0.4, -0.2) is 0 Å². The fraction of sp³-hybridized carbons (Fsp3) is 0.0130. The van der Waals surface area contributed by atoms with Gasteiger partial charge in [0.25, 0.3) is 0 Å². The van der Waals surface area contributed by atoms with Gasteiger partial charge >= 0.3 is 0 Å². The van der Waals surface area contributed by atoms with Gasteiger partial charge in [0.05, 0.1) is 0 Å². The van der Waals surface area contributed by atoms with Gasteiger partial charge in [0.15, 0.2) is 0 Å². The summed E-state index contributed by atoms with van der Waals surface area (Å²) in [7, 11) is 0. The van der Waals surface area contributed by atoms with Gasteiger partial charge in [0.2, 0.25) is 0 Å². The summed E-state index contributed by atoms with van der Waals surface area (Å²) in [5.41, 5.74) is 25.4. The Morgan fingerprint density at radius 1 is 0.205 bits per heavy atom. The van der Waals surface area contributed by atoms with Crippen molar-refractivity contribution >= 4 is 42.3 Å². The molecule has 0 aliphatic carbocycles. The van der Waals surface area contributed by atoms with Crippen molar-refractivity contribution in [3.8, 4) is 111 Å². The Bertz CT molecular complexity index is 4410. The first kappa shape index (κ1) is 46.8. The number of hydrogen-bond donors (Lipinski definition) is 0. The van der Waals surface area contributed by atoms with Gasteiger partial charge in [-0.15, -0.1) is 11.3 Å². The summed E-state index contributed by atoms with van der Waals surface area (Å²) < 4.78 is 2.58. The molecule has 1 heterocycles. The van der Waals surface area contributed by atoms with Crippen LogP contribution in [0.15, 0.2) is 297 Å². The van der Waals surface area contributed by atoms with E-state index in [1.165, 1.54) is 148 Å². The first-order chi connectivity index (χ1) is 38.6. The molecule has 13 aromatic carbocycles. The molecular weight excluding hydrogens is 957 g/mol. The van der Waals surface area contributed by atoms with Crippen LogP contribution in [0.5, 0.6) is 0 Å². The fourth-order valence-corrected chi connectivity index (χ4v) is 13.2. The molecule has 14 rings (SSSR count). The molecule has 0 bridgehead atoms. The Labute approximate surface area is 460 Å². The van der Waals surface area contributed by atoms with Crippen molar-refractivity contribution in [2.45, 2.75) is 6.92 Å². The first-order valence-corrected chi connectivity index (χ1v) is 27.7. The molecule has 0 unspecified atom stereocenters. The highest BCUT2D eigenvalue weighted by Gasteiger charge is 2.23. The molecule has 1 heteroatoms. The summed E-state index contributed by atoms with van der Waals surface area (Å²) in [5.74, 6) is 0. The lowest BCUT2D eigenvalue weighted by molar-refractivity contribution is 1.50. The number of rotatable bonds is 10. The third-order valence-corrected chi connectivity index (χ3v) is 16.8. The Morgan fingerprint density at radius 2 is 0.513 bits per heavy atom. The summed E-state index contributed by atoms with van der Waals surface area (Å²) in [6.07, 6.45) is 0. The second-order valence-corrected chi connectivity index (χ2v) is 21.4. The van der Waals surface area contributed by atoms with Gasteiger partial charge in [0, 0.05) is 31.3 Å². The zero-order valence-corrected chi connectivity index (χ0v) is 44.0. The van der Waals surface area contributed by atoms with E-state index < -0.39 is 0 Å². The molecule has 366 valence electrons. The van der Waals surface area contributed by atoms with E-state index in [-0.39, 0.29) is 0 Å². The zero-order chi connectivity index (χ0) is 51.9. The molecule has 0 saturated heterocycles. The van der Waals surface area contributed by atoms with Crippen LogP contribution in [-0.2, 0) is 0 Å². The summed E-state index contributed by atoms with van der Waals surface area (Å²) in [5, 5.41) is 5.10. The number of fused-ring (bicyclic) bond motifs is 5. The van der Waals surface area contributed by atoms with Crippen LogP contribution in [0.1, 0.15) is 5.56 Å². The van der Waals surface area contributed by atoms with Crippen LogP contribution in [0.25, 0.3) is 142 Å². The molecule has 0 aliphatic rings. The molecule has 0 atom stereocenters. The maximum Gasteiger partial charge on any atom is 0.0440 e. The number of hydrogen-bond acceptors (Lipinski definition) is 1. The topological polar surface area (TPSA) is 0 Å². The van der Waals surface area contributed by atoms with E-state index in [9.17, 15) is 0 Å². The lowest BCUT2D eigenvalue weighted by Gasteiger charge is -2.17. The fourth-order valence-electron chi connectivity index (χ4n) is 11.9. The van der Waals surface area contributed by atoms with E-state index in [2.05, 4.69) is 304 Å². The standard InChI is InChI=1S/C77H52S/c1-51-42-72(70-40-22-20-38-68(70)66-36-18-16-33-63(66)61-46-57(52-24-6-2-7-25-52)44-58(47-61)53-26-8-3-9-27-53)76-74(43-51)75-65-35-15-14-32-56(65)50-73(77(75)78-76)71-41-23-21-39-69(71)67-37-19-17-34-64(67)62-48-59(54-28-10-4-11-29-54)45-60(49-62)55-30-12-5-13-31-55/h2-50H,1H3. The third kappa shape index (κ3) is 8.61. The van der Waals surface area contributed by atoms with E-state index in [1.54, 1.807) is 0 Å². The van der Waals surface area contributed by atoms with Crippen molar-refractivity contribution < 1.29 is 0 Å². The van der Waals surface area contributed by atoms with Crippen molar-refractivity contribution in [3.63, 3.8) is 0 Å². The van der Waals surface area contributed by atoms with E-state index in [4.69, 9.17) is 0 Å². The number of thiophene rings is 1. The summed E-state index contributed by atoms with van der Waals surface area (Å²) in [6.45, 7) is 2.26. The molecule has 0 saturated carbocycles. The van der Waals surface area contributed by atoms with Gasteiger partial charge in [-0.2, -0.15) is 0 Å². The van der Waals surface area contributed by atoms with Gasteiger partial charge in [-0.05, 0) is 178 Å². The molecule has 0 aliphatic heterocycles. The SMILES string of the molecule is Cc1cc(-c2ccccc2-c2ccccc2-c2cc(-c3ccccc3)cc(-c3ccccc3)c2)c2sc3c(-c4ccccc4-c4ccccc4-c4cc(-c5ccccc5)cc(-c5ccccc5)c4)cc4ccccc4c3c2c1. The highest BCUT2D eigenvalue weighted by atomic mass is 32.1. The largest absolute Gasteiger partial charge is 0.134 e. The Kier molecular flexibility index (Phi) is 12.1. The Hall–Kier alpha value is -9.66. The quantitative estimate of drug-likeness (QED) is 0.128. The van der Waals surface area contributed by atoms with Crippen molar-refractivity contribution in [3.05, 3.63) is 303 Å². The first-order valence-electron chi connectivity index (χ1n) is 26.9. The van der Waals surface area contributed by atoms with Gasteiger partial charge in [-0.1, -0.05) is 243 Å². The van der Waals surface area contributed by atoms with Crippen LogP contribution >= 0.6 is 11.3 Å². The van der Waals surface area contributed by atoms with Crippen molar-refractivity contribution in [2.24, 2.45) is 0 Å². The highest BCUT2D eigenvalue weighted by Crippen LogP contribution is 2.51. The molecule has 0 N–H and O–H groups in total. The summed E-state index contributed by atoms with van der Waals surface area (Å²) in [6, 6.07) is 110. The van der Waals surface area contributed by atoms with Crippen molar-refractivity contribution in [2.75, 3.05) is 0 Å². The second kappa shape index (κ2) is 20.1. The molecule has 0 fully saturated rings. The maximum absolute atomic E-state index is 2.45. The minimum atomic E-state index is 1.19. The van der Waals surface area contributed by atoms with E-state index in [0.717, 1.165) is 0 Å². The minimum Gasteiger partial charge on any atom is -0.134 e. The molecule has 78 heavy (non-hydrogen) atoms. The average molecular weight is 1010 g/mol. The molecule has 0 nitrogen and oxygen atoms in total. The molecule has 0 radical (unpaired) electrons. The number of aryl methyl sites for hydroxylation is 1. The predicted octanol–water partition coefficient (Wildman–Crippen LogP) is 22.2. The lowest BCUT2D eigenvalue weighted by Crippen LogP contribution is -1.91. The Balaban J connectivity index is 0.957. The van der Waals surface area contributed by atoms with Gasteiger partial charge in [-0.3, -0.25) is 0 Å². The van der Waals surface area contributed by atoms with Crippen LogP contribution in [0.3, 0.4) is 0 Å². The molecule has 0 amide bonds. The van der Waals surface area contributed by atoms with E-state index >= 15 is 0 Å². The molecule has 1 aromatic heterocycles. The highest BCUT2D eigenvalue weighted by molar-refractivity contribution is 7.27. The van der Waals surface area contributed by atoms with Gasteiger partial charge in [0.1, 0.15) is 0 Å². The summed E-state index contributed by atoms with van der Waals surface area (Å²) in [4.78, 5) is 0. The maximum atomic E-state index is 2.45. The number of benzene rings is 13. The lowest BCUT2D eigenvalue weighted by atomic mass is 9.86. The van der Waals surface area contributed by atoms with Gasteiger partial charge in [-0.25, -0.2) is 0 Å². The second-order valence-electron chi connectivity index (χ2n) is 20.4. The van der Waals surface area contributed by atoms with Crippen LogP contribution < -0.4 is 0 Å². The molecule has 0 spiro atoms. The van der Waals surface area contributed by atoms with Crippen LogP contribution in [0, 0.1) is 6.92 Å². The van der Waals surface area contributed by atoms with E-state index in [0.29, 0.717) is 0 Å². The summed E-state index contributed by atoms with van der Waals surface area (Å²) >= 11 is 1.94. The van der Waals surface area contributed by atoms with Gasteiger partial charge < -0.3 is 0 Å². The predicted molar refractivity (Wildman–Crippen MR) is 336 cm³/mol. The van der Waals surface area contributed by atoms with Crippen LogP contribution in [0.2, 0.25) is 0 Å². The van der Waals surface area contributed by atoms with Crippen molar-refractivity contribution in [1.82, 2.24) is 0 Å². The smallest absolute Gasteiger partial charge is 0.0440 e. The normalized spacial score (nSPS) is 11.4.